The SMILES string of the molecule is COC(=O)CCN/C=C(/C#N)C(=O)NCCc1ccccc1. The number of esters is 1. The molecule has 0 aliphatic carbocycles. The van der Waals surface area contributed by atoms with E-state index in [0.717, 1.165) is 5.56 Å². The molecule has 6 nitrogen and oxygen atoms in total. The number of methoxy groups -OCH3 is 1. The largest absolute Gasteiger partial charge is 0.469 e. The van der Waals surface area contributed by atoms with E-state index in [9.17, 15) is 9.59 Å². The molecule has 0 radical (unpaired) electrons. The highest BCUT2D eigenvalue weighted by molar-refractivity contribution is 5.97. The van der Waals surface area contributed by atoms with Gasteiger partial charge in [0.25, 0.3) is 5.91 Å². The maximum Gasteiger partial charge on any atom is 0.307 e. The van der Waals surface area contributed by atoms with E-state index in [2.05, 4.69) is 15.4 Å². The van der Waals surface area contributed by atoms with Gasteiger partial charge in [-0.15, -0.1) is 0 Å². The van der Waals surface area contributed by atoms with Crippen LogP contribution in [0, 0.1) is 11.3 Å². The molecule has 0 aliphatic heterocycles. The number of amides is 1. The Labute approximate surface area is 129 Å². The predicted molar refractivity (Wildman–Crippen MR) is 81.5 cm³/mol. The first-order valence-electron chi connectivity index (χ1n) is 6.90. The molecule has 2 N–H and O–H groups in total. The Balaban J connectivity index is 2.34. The Morgan fingerprint density at radius 1 is 1.27 bits per heavy atom. The van der Waals surface area contributed by atoms with Crippen molar-refractivity contribution in [3.05, 3.63) is 47.7 Å². The van der Waals surface area contributed by atoms with Crippen molar-refractivity contribution in [1.29, 1.82) is 5.26 Å². The molecule has 1 amide bonds. The summed E-state index contributed by atoms with van der Waals surface area (Å²) in [5.74, 6) is -0.796. The third kappa shape index (κ3) is 6.57. The van der Waals surface area contributed by atoms with Gasteiger partial charge in [0.1, 0.15) is 11.6 Å². The summed E-state index contributed by atoms with van der Waals surface area (Å²) in [5.41, 5.74) is 1.08. The molecule has 0 bridgehead atoms. The average Bonchev–Trinajstić information content (AvgIpc) is 2.55. The van der Waals surface area contributed by atoms with Crippen LogP contribution in [0.1, 0.15) is 12.0 Å². The number of nitrogens with zero attached hydrogens (tertiary/aromatic N) is 1. The first kappa shape index (κ1) is 17.2. The van der Waals surface area contributed by atoms with Crippen molar-refractivity contribution in [3.8, 4) is 6.07 Å². The van der Waals surface area contributed by atoms with Gasteiger partial charge < -0.3 is 15.4 Å². The fourth-order valence-corrected chi connectivity index (χ4v) is 1.66. The van der Waals surface area contributed by atoms with E-state index in [1.165, 1.54) is 13.3 Å². The highest BCUT2D eigenvalue weighted by Crippen LogP contribution is 1.99. The van der Waals surface area contributed by atoms with E-state index in [0.29, 0.717) is 19.5 Å². The van der Waals surface area contributed by atoms with E-state index >= 15 is 0 Å². The van der Waals surface area contributed by atoms with Crippen LogP contribution in [0.25, 0.3) is 0 Å². The van der Waals surface area contributed by atoms with E-state index in [-0.39, 0.29) is 18.0 Å². The Bertz CT molecular complexity index is 562. The maximum atomic E-state index is 11.8. The summed E-state index contributed by atoms with van der Waals surface area (Å²) >= 11 is 0. The van der Waals surface area contributed by atoms with Crippen molar-refractivity contribution in [3.63, 3.8) is 0 Å². The zero-order valence-corrected chi connectivity index (χ0v) is 12.5. The predicted octanol–water partition coefficient (Wildman–Crippen LogP) is 0.905. The molecule has 0 atom stereocenters. The Morgan fingerprint density at radius 2 is 2.00 bits per heavy atom. The van der Waals surface area contributed by atoms with Crippen molar-refractivity contribution >= 4 is 11.9 Å². The minimum atomic E-state index is -0.441. The summed E-state index contributed by atoms with van der Waals surface area (Å²) in [5, 5.41) is 14.4. The number of nitriles is 1. The normalized spacial score (nSPS) is 10.5. The fraction of sp³-hybridized carbons (Fsp3) is 0.312. The quantitative estimate of drug-likeness (QED) is 0.322. The van der Waals surface area contributed by atoms with E-state index in [1.807, 2.05) is 36.4 Å². The first-order chi connectivity index (χ1) is 10.7. The minimum absolute atomic E-state index is 0.0297. The van der Waals surface area contributed by atoms with Gasteiger partial charge in [-0.05, 0) is 12.0 Å². The second kappa shape index (κ2) is 10.00. The number of nitrogens with one attached hydrogen (secondary N) is 2. The highest BCUT2D eigenvalue weighted by atomic mass is 16.5. The lowest BCUT2D eigenvalue weighted by atomic mass is 10.1. The number of carbonyl (C=O) groups is 2. The van der Waals surface area contributed by atoms with Crippen LogP contribution in [0.2, 0.25) is 0 Å². The van der Waals surface area contributed by atoms with Gasteiger partial charge in [0.2, 0.25) is 0 Å². The van der Waals surface area contributed by atoms with Gasteiger partial charge in [-0.1, -0.05) is 30.3 Å². The monoisotopic (exact) mass is 301 g/mol. The van der Waals surface area contributed by atoms with Gasteiger partial charge in [0.15, 0.2) is 0 Å². The van der Waals surface area contributed by atoms with Crippen LogP contribution in [0.5, 0.6) is 0 Å². The third-order valence-corrected chi connectivity index (χ3v) is 2.85. The number of hydrogen-bond acceptors (Lipinski definition) is 5. The van der Waals surface area contributed by atoms with Crippen molar-refractivity contribution < 1.29 is 14.3 Å². The Hall–Kier alpha value is -2.81. The molecule has 0 aromatic heterocycles. The molecule has 1 rings (SSSR count). The summed E-state index contributed by atoms with van der Waals surface area (Å²) in [6.07, 6.45) is 2.17. The molecule has 22 heavy (non-hydrogen) atoms. The number of carbonyl (C=O) groups excluding carboxylic acids is 2. The third-order valence-electron chi connectivity index (χ3n) is 2.85. The van der Waals surface area contributed by atoms with Crippen LogP contribution in [0.15, 0.2) is 42.1 Å². The maximum absolute atomic E-state index is 11.8. The zero-order valence-electron chi connectivity index (χ0n) is 12.5. The number of ether oxygens (including phenoxy) is 1. The molecule has 116 valence electrons. The number of rotatable bonds is 8. The highest BCUT2D eigenvalue weighted by Gasteiger charge is 2.08. The lowest BCUT2D eigenvalue weighted by Gasteiger charge is -2.05. The van der Waals surface area contributed by atoms with E-state index in [1.54, 1.807) is 0 Å². The molecule has 0 saturated heterocycles. The average molecular weight is 301 g/mol. The van der Waals surface area contributed by atoms with Crippen molar-refractivity contribution in [2.24, 2.45) is 0 Å². The number of benzene rings is 1. The molecule has 0 heterocycles. The first-order valence-corrected chi connectivity index (χ1v) is 6.90. The van der Waals surface area contributed by atoms with Gasteiger partial charge in [-0.3, -0.25) is 9.59 Å². The topological polar surface area (TPSA) is 91.2 Å². The van der Waals surface area contributed by atoms with Gasteiger partial charge in [0, 0.05) is 19.3 Å². The molecule has 0 fully saturated rings. The van der Waals surface area contributed by atoms with Crippen molar-refractivity contribution in [2.45, 2.75) is 12.8 Å². The van der Waals surface area contributed by atoms with Crippen molar-refractivity contribution in [2.75, 3.05) is 20.2 Å². The lowest BCUT2D eigenvalue weighted by molar-refractivity contribution is -0.140. The second-order valence-electron chi connectivity index (χ2n) is 4.44. The lowest BCUT2D eigenvalue weighted by Crippen LogP contribution is -2.28. The van der Waals surface area contributed by atoms with Crippen LogP contribution >= 0.6 is 0 Å². The second-order valence-corrected chi connectivity index (χ2v) is 4.44. The summed E-state index contributed by atoms with van der Waals surface area (Å²) in [7, 11) is 1.30. The van der Waals surface area contributed by atoms with Gasteiger partial charge in [-0.2, -0.15) is 5.26 Å². The van der Waals surface area contributed by atoms with Crippen LogP contribution in [-0.2, 0) is 20.7 Å². The van der Waals surface area contributed by atoms with Crippen LogP contribution in [0.4, 0.5) is 0 Å². The molecule has 1 aromatic rings. The molecule has 0 spiro atoms. The van der Waals surface area contributed by atoms with Gasteiger partial charge in [-0.25, -0.2) is 0 Å². The minimum Gasteiger partial charge on any atom is -0.469 e. The summed E-state index contributed by atoms with van der Waals surface area (Å²) in [4.78, 5) is 22.7. The summed E-state index contributed by atoms with van der Waals surface area (Å²) in [6, 6.07) is 11.6. The Morgan fingerprint density at radius 3 is 2.64 bits per heavy atom. The van der Waals surface area contributed by atoms with Gasteiger partial charge in [0.05, 0.1) is 13.5 Å². The molecule has 0 saturated carbocycles. The van der Waals surface area contributed by atoms with Crippen LogP contribution in [-0.4, -0.2) is 32.1 Å². The summed E-state index contributed by atoms with van der Waals surface area (Å²) in [6.45, 7) is 0.749. The summed E-state index contributed by atoms with van der Waals surface area (Å²) < 4.78 is 4.48. The van der Waals surface area contributed by atoms with Crippen molar-refractivity contribution in [1.82, 2.24) is 10.6 Å². The zero-order chi connectivity index (χ0) is 16.2. The standard InChI is InChI=1S/C16H19N3O3/c1-22-15(20)8-9-18-12-14(11-17)16(21)19-10-7-13-5-3-2-4-6-13/h2-6,12,18H,7-10H2,1H3,(H,19,21)/b14-12-. The smallest absolute Gasteiger partial charge is 0.307 e. The molecular formula is C16H19N3O3. The molecule has 1 aromatic carbocycles. The van der Waals surface area contributed by atoms with E-state index in [4.69, 9.17) is 5.26 Å². The molecule has 0 aliphatic rings. The fourth-order valence-electron chi connectivity index (χ4n) is 1.66. The Kier molecular flexibility index (Phi) is 7.83. The molecular weight excluding hydrogens is 282 g/mol. The molecule has 6 heteroatoms. The molecule has 0 unspecified atom stereocenters. The van der Waals surface area contributed by atoms with Crippen LogP contribution < -0.4 is 10.6 Å². The van der Waals surface area contributed by atoms with Gasteiger partial charge >= 0.3 is 5.97 Å². The van der Waals surface area contributed by atoms with Crippen LogP contribution in [0.3, 0.4) is 0 Å². The number of hydrogen-bond donors (Lipinski definition) is 2. The van der Waals surface area contributed by atoms with E-state index < -0.39 is 5.91 Å².